The van der Waals surface area contributed by atoms with Gasteiger partial charge in [0.25, 0.3) is 0 Å². The number of hydrogen-bond acceptors (Lipinski definition) is 4. The molecule has 18 heavy (non-hydrogen) atoms. The molecule has 0 radical (unpaired) electrons. The Bertz CT molecular complexity index is 296. The smallest absolute Gasteiger partial charge is 0.317 e. The molecule has 1 saturated heterocycles. The van der Waals surface area contributed by atoms with Crippen LogP contribution in [0.4, 0.5) is 0 Å². The maximum atomic E-state index is 11.9. The number of piperazine rings is 1. The molecule has 1 fully saturated rings. The quantitative estimate of drug-likeness (QED) is 0.677. The molecule has 0 aliphatic carbocycles. The molecule has 1 amide bonds. The van der Waals surface area contributed by atoms with Crippen molar-refractivity contribution in [1.82, 2.24) is 15.1 Å². The van der Waals surface area contributed by atoms with Gasteiger partial charge in [0, 0.05) is 38.6 Å². The highest BCUT2D eigenvalue weighted by atomic mass is 16.4. The highest BCUT2D eigenvalue weighted by molar-refractivity contribution is 5.76. The lowest BCUT2D eigenvalue weighted by Crippen LogP contribution is -2.55. The SMILES string of the molecule is CCC1CN(C(=O)CCNC)CCN1CC(=O)O. The van der Waals surface area contributed by atoms with E-state index in [4.69, 9.17) is 5.11 Å². The van der Waals surface area contributed by atoms with Crippen LogP contribution in [-0.2, 0) is 9.59 Å². The van der Waals surface area contributed by atoms with Crippen molar-refractivity contribution in [3.63, 3.8) is 0 Å². The van der Waals surface area contributed by atoms with Gasteiger partial charge in [-0.3, -0.25) is 14.5 Å². The van der Waals surface area contributed by atoms with E-state index in [-0.39, 0.29) is 18.5 Å². The Morgan fingerprint density at radius 2 is 2.11 bits per heavy atom. The first-order chi connectivity index (χ1) is 8.58. The van der Waals surface area contributed by atoms with Gasteiger partial charge in [-0.1, -0.05) is 6.92 Å². The van der Waals surface area contributed by atoms with Crippen LogP contribution in [0.15, 0.2) is 0 Å². The van der Waals surface area contributed by atoms with Crippen molar-refractivity contribution in [2.24, 2.45) is 0 Å². The van der Waals surface area contributed by atoms with E-state index >= 15 is 0 Å². The Morgan fingerprint density at radius 3 is 2.67 bits per heavy atom. The van der Waals surface area contributed by atoms with Crippen LogP contribution in [0.3, 0.4) is 0 Å². The zero-order chi connectivity index (χ0) is 13.5. The molecule has 104 valence electrons. The van der Waals surface area contributed by atoms with Gasteiger partial charge in [-0.05, 0) is 13.5 Å². The molecule has 0 spiro atoms. The zero-order valence-corrected chi connectivity index (χ0v) is 11.2. The summed E-state index contributed by atoms with van der Waals surface area (Å²) in [5.74, 6) is -0.652. The second kappa shape index (κ2) is 7.33. The van der Waals surface area contributed by atoms with E-state index in [2.05, 4.69) is 5.32 Å². The molecule has 1 atom stereocenters. The average molecular weight is 257 g/mol. The number of carboxylic acid groups (broad SMARTS) is 1. The van der Waals surface area contributed by atoms with Crippen LogP contribution in [-0.4, -0.2) is 72.6 Å². The predicted octanol–water partition coefficient (Wildman–Crippen LogP) is -0.397. The highest BCUT2D eigenvalue weighted by Crippen LogP contribution is 2.13. The molecule has 0 bridgehead atoms. The van der Waals surface area contributed by atoms with Gasteiger partial charge >= 0.3 is 5.97 Å². The Kier molecular flexibility index (Phi) is 6.07. The fourth-order valence-corrected chi connectivity index (χ4v) is 2.28. The Hall–Kier alpha value is -1.14. The van der Waals surface area contributed by atoms with Crippen molar-refractivity contribution < 1.29 is 14.7 Å². The van der Waals surface area contributed by atoms with Crippen molar-refractivity contribution in [3.05, 3.63) is 0 Å². The second-order valence-electron chi connectivity index (χ2n) is 4.62. The average Bonchev–Trinajstić information content (AvgIpc) is 2.35. The number of rotatable bonds is 6. The van der Waals surface area contributed by atoms with Crippen molar-refractivity contribution in [2.75, 3.05) is 39.8 Å². The molecule has 1 heterocycles. The summed E-state index contributed by atoms with van der Waals surface area (Å²) in [5.41, 5.74) is 0. The molecule has 6 heteroatoms. The number of aliphatic carboxylic acids is 1. The lowest BCUT2D eigenvalue weighted by molar-refractivity contribution is -0.141. The summed E-state index contributed by atoms with van der Waals surface area (Å²) >= 11 is 0. The third-order valence-corrected chi connectivity index (χ3v) is 3.36. The summed E-state index contributed by atoms with van der Waals surface area (Å²) in [7, 11) is 1.83. The molecule has 0 aromatic rings. The van der Waals surface area contributed by atoms with E-state index in [0.29, 0.717) is 32.6 Å². The Labute approximate surface area is 108 Å². The van der Waals surface area contributed by atoms with Crippen molar-refractivity contribution in [2.45, 2.75) is 25.8 Å². The molecule has 2 N–H and O–H groups in total. The molecule has 6 nitrogen and oxygen atoms in total. The summed E-state index contributed by atoms with van der Waals surface area (Å²) in [6.45, 7) is 4.71. The summed E-state index contributed by atoms with van der Waals surface area (Å²) in [4.78, 5) is 26.5. The largest absolute Gasteiger partial charge is 0.480 e. The molecular weight excluding hydrogens is 234 g/mol. The molecule has 0 aromatic carbocycles. The number of amides is 1. The Morgan fingerprint density at radius 1 is 1.39 bits per heavy atom. The van der Waals surface area contributed by atoms with Crippen LogP contribution in [0, 0.1) is 0 Å². The standard InChI is InChI=1S/C12H23N3O3/c1-3-10-8-15(11(16)4-5-13-2)7-6-14(10)9-12(17)18/h10,13H,3-9H2,1-2H3,(H,17,18). The fourth-order valence-electron chi connectivity index (χ4n) is 2.28. The van der Waals surface area contributed by atoms with Crippen molar-refractivity contribution in [3.8, 4) is 0 Å². The molecule has 1 aliphatic heterocycles. The summed E-state index contributed by atoms with van der Waals surface area (Å²) in [6.07, 6.45) is 1.37. The van der Waals surface area contributed by atoms with Crippen molar-refractivity contribution in [1.29, 1.82) is 0 Å². The van der Waals surface area contributed by atoms with E-state index in [9.17, 15) is 9.59 Å². The summed E-state index contributed by atoms with van der Waals surface area (Å²) < 4.78 is 0. The maximum absolute atomic E-state index is 11.9. The lowest BCUT2D eigenvalue weighted by atomic mass is 10.1. The van der Waals surface area contributed by atoms with E-state index in [0.717, 1.165) is 6.42 Å². The normalized spacial score (nSPS) is 21.0. The van der Waals surface area contributed by atoms with Gasteiger partial charge in [0.1, 0.15) is 0 Å². The van der Waals surface area contributed by atoms with Gasteiger partial charge in [0.15, 0.2) is 0 Å². The minimum atomic E-state index is -0.802. The number of carbonyl (C=O) groups excluding carboxylic acids is 1. The van der Waals surface area contributed by atoms with Crippen LogP contribution in [0.1, 0.15) is 19.8 Å². The molecule has 1 unspecified atom stereocenters. The Balaban J connectivity index is 2.49. The first-order valence-electron chi connectivity index (χ1n) is 6.46. The number of carbonyl (C=O) groups is 2. The third kappa shape index (κ3) is 4.27. The molecule has 1 rings (SSSR count). The van der Waals surface area contributed by atoms with E-state index in [1.165, 1.54) is 0 Å². The van der Waals surface area contributed by atoms with Crippen LogP contribution in [0.25, 0.3) is 0 Å². The van der Waals surface area contributed by atoms with Gasteiger partial charge in [-0.25, -0.2) is 0 Å². The maximum Gasteiger partial charge on any atom is 0.317 e. The minimum absolute atomic E-state index is 0.0665. The van der Waals surface area contributed by atoms with Gasteiger partial charge in [-0.15, -0.1) is 0 Å². The van der Waals surface area contributed by atoms with Crippen LogP contribution >= 0.6 is 0 Å². The summed E-state index contributed by atoms with van der Waals surface area (Å²) in [5, 5.41) is 11.8. The first-order valence-corrected chi connectivity index (χ1v) is 6.46. The van der Waals surface area contributed by atoms with Gasteiger partial charge in [0.2, 0.25) is 5.91 Å². The topological polar surface area (TPSA) is 72.9 Å². The molecular formula is C12H23N3O3. The van der Waals surface area contributed by atoms with Gasteiger partial charge in [-0.2, -0.15) is 0 Å². The molecule has 0 saturated carbocycles. The number of nitrogens with one attached hydrogen (secondary N) is 1. The highest BCUT2D eigenvalue weighted by Gasteiger charge is 2.28. The van der Waals surface area contributed by atoms with E-state index < -0.39 is 5.97 Å². The summed E-state index contributed by atoms with van der Waals surface area (Å²) in [6, 6.07) is 0.161. The number of carboxylic acids is 1. The number of nitrogens with zero attached hydrogens (tertiary/aromatic N) is 2. The van der Waals surface area contributed by atoms with Gasteiger partial charge < -0.3 is 15.3 Å². The number of hydrogen-bond donors (Lipinski definition) is 2. The van der Waals surface area contributed by atoms with Crippen LogP contribution in [0.2, 0.25) is 0 Å². The van der Waals surface area contributed by atoms with E-state index in [1.54, 1.807) is 0 Å². The fraction of sp³-hybridized carbons (Fsp3) is 0.833. The zero-order valence-electron chi connectivity index (χ0n) is 11.2. The van der Waals surface area contributed by atoms with Crippen LogP contribution < -0.4 is 5.32 Å². The monoisotopic (exact) mass is 257 g/mol. The molecule has 0 aromatic heterocycles. The van der Waals surface area contributed by atoms with Gasteiger partial charge in [0.05, 0.1) is 6.54 Å². The molecule has 1 aliphatic rings. The minimum Gasteiger partial charge on any atom is -0.480 e. The lowest BCUT2D eigenvalue weighted by Gasteiger charge is -2.40. The first kappa shape index (κ1) is 14.9. The van der Waals surface area contributed by atoms with Crippen LogP contribution in [0.5, 0.6) is 0 Å². The van der Waals surface area contributed by atoms with E-state index in [1.807, 2.05) is 23.8 Å². The van der Waals surface area contributed by atoms with Crippen molar-refractivity contribution >= 4 is 11.9 Å². The second-order valence-corrected chi connectivity index (χ2v) is 4.62. The predicted molar refractivity (Wildman–Crippen MR) is 68.4 cm³/mol. The third-order valence-electron chi connectivity index (χ3n) is 3.36.